The number of aromatic amines is 1. The number of anilines is 1. The maximum atomic E-state index is 14.1. The number of H-pyrrole nitrogens is 1. The van der Waals surface area contributed by atoms with Crippen LogP contribution in [0.5, 0.6) is 0 Å². The summed E-state index contributed by atoms with van der Waals surface area (Å²) in [7, 11) is 0. The third-order valence-electron chi connectivity index (χ3n) is 3.55. The number of fused-ring (bicyclic) bond motifs is 1. The van der Waals surface area contributed by atoms with E-state index >= 15 is 0 Å². The summed E-state index contributed by atoms with van der Waals surface area (Å²) in [6, 6.07) is 3.63. The van der Waals surface area contributed by atoms with Gasteiger partial charge in [-0.15, -0.1) is 11.8 Å². The van der Waals surface area contributed by atoms with E-state index in [2.05, 4.69) is 19.9 Å². The van der Waals surface area contributed by atoms with Gasteiger partial charge in [0.1, 0.15) is 28.9 Å². The Morgan fingerprint density at radius 3 is 2.78 bits per heavy atom. The number of imidazole rings is 1. The fourth-order valence-corrected chi connectivity index (χ4v) is 3.75. The first-order chi connectivity index (χ1) is 11.2. The predicted octanol–water partition coefficient (Wildman–Crippen LogP) is 2.41. The third-order valence-corrected chi connectivity index (χ3v) is 4.72. The quantitative estimate of drug-likeness (QED) is 0.779. The van der Waals surface area contributed by atoms with Gasteiger partial charge in [-0.05, 0) is 12.1 Å². The van der Waals surface area contributed by atoms with Crippen LogP contribution in [0.15, 0.2) is 30.9 Å². The van der Waals surface area contributed by atoms with Crippen LogP contribution in [-0.2, 0) is 4.79 Å². The summed E-state index contributed by atoms with van der Waals surface area (Å²) in [6.07, 6.45) is 2.69. The molecule has 0 saturated carbocycles. The molecule has 0 aliphatic carbocycles. The lowest BCUT2D eigenvalue weighted by molar-refractivity contribution is -0.115. The minimum atomic E-state index is -0.829. The largest absolute Gasteiger partial charge is 0.340 e. The van der Waals surface area contributed by atoms with Crippen molar-refractivity contribution >= 4 is 34.7 Å². The first kappa shape index (κ1) is 14.1. The van der Waals surface area contributed by atoms with E-state index in [1.165, 1.54) is 35.8 Å². The molecule has 1 amide bonds. The highest BCUT2D eigenvalue weighted by Gasteiger charge is 2.39. The van der Waals surface area contributed by atoms with Crippen molar-refractivity contribution in [1.29, 1.82) is 0 Å². The molecule has 4 rings (SSSR count). The van der Waals surface area contributed by atoms with Crippen LogP contribution in [-0.4, -0.2) is 31.6 Å². The first-order valence-electron chi connectivity index (χ1n) is 6.68. The van der Waals surface area contributed by atoms with Gasteiger partial charge in [0, 0.05) is 0 Å². The molecule has 9 heteroatoms. The number of hydrogen-bond donors (Lipinski definition) is 1. The number of nitrogens with zero attached hydrogens (tertiary/aromatic N) is 4. The molecule has 23 heavy (non-hydrogen) atoms. The molecular formula is C14H9F2N5OS. The van der Waals surface area contributed by atoms with Gasteiger partial charge in [0.05, 0.1) is 17.6 Å². The number of carbonyl (C=O) groups excluding carboxylic acids is 1. The van der Waals surface area contributed by atoms with Crippen LogP contribution in [0.2, 0.25) is 0 Å². The molecule has 0 radical (unpaired) electrons. The molecule has 1 unspecified atom stereocenters. The molecule has 1 N–H and O–H groups in total. The molecule has 3 heterocycles. The van der Waals surface area contributed by atoms with Crippen molar-refractivity contribution in [2.45, 2.75) is 5.37 Å². The molecule has 116 valence electrons. The molecule has 1 saturated heterocycles. The lowest BCUT2D eigenvalue weighted by atomic mass is 10.1. The van der Waals surface area contributed by atoms with Gasteiger partial charge >= 0.3 is 0 Å². The molecule has 3 aromatic rings. The Morgan fingerprint density at radius 1 is 1.22 bits per heavy atom. The lowest BCUT2D eigenvalue weighted by Crippen LogP contribution is -2.30. The van der Waals surface area contributed by atoms with Crippen LogP contribution in [0.3, 0.4) is 0 Å². The number of carbonyl (C=O) groups is 1. The van der Waals surface area contributed by atoms with Gasteiger partial charge < -0.3 is 4.98 Å². The highest BCUT2D eigenvalue weighted by Crippen LogP contribution is 2.43. The second-order valence-electron chi connectivity index (χ2n) is 4.86. The van der Waals surface area contributed by atoms with Crippen molar-refractivity contribution in [3.8, 4) is 0 Å². The highest BCUT2D eigenvalue weighted by atomic mass is 32.2. The Bertz CT molecular complexity index is 895. The number of hydrogen-bond acceptors (Lipinski definition) is 5. The van der Waals surface area contributed by atoms with Gasteiger partial charge in [-0.3, -0.25) is 9.69 Å². The standard InChI is InChI=1S/C14H9F2N5OS/c15-7-2-1-3-8(16)10(7)14-21(9(22)4-23-14)13-11-12(18-5-17-11)19-6-20-13/h1-3,5-6,14H,4H2,(H,17,18,19,20). The zero-order chi connectivity index (χ0) is 16.0. The van der Waals surface area contributed by atoms with E-state index in [9.17, 15) is 13.6 Å². The molecule has 2 aromatic heterocycles. The number of rotatable bonds is 2. The van der Waals surface area contributed by atoms with E-state index in [1.54, 1.807) is 0 Å². The van der Waals surface area contributed by atoms with Gasteiger partial charge in [-0.1, -0.05) is 6.07 Å². The summed E-state index contributed by atoms with van der Waals surface area (Å²) in [5.74, 6) is -1.31. The van der Waals surface area contributed by atoms with E-state index in [1.807, 2.05) is 0 Å². The predicted molar refractivity (Wildman–Crippen MR) is 80.7 cm³/mol. The van der Waals surface area contributed by atoms with Gasteiger partial charge in [0.15, 0.2) is 11.5 Å². The number of aromatic nitrogens is 4. The van der Waals surface area contributed by atoms with E-state index in [0.717, 1.165) is 11.8 Å². The number of amides is 1. The summed E-state index contributed by atoms with van der Waals surface area (Å²) in [6.45, 7) is 0. The summed E-state index contributed by atoms with van der Waals surface area (Å²) in [5.41, 5.74) is 0.673. The minimum Gasteiger partial charge on any atom is -0.340 e. The van der Waals surface area contributed by atoms with Crippen molar-refractivity contribution in [1.82, 2.24) is 19.9 Å². The number of halogens is 2. The van der Waals surface area contributed by atoms with Gasteiger partial charge in [-0.25, -0.2) is 23.7 Å². The second kappa shape index (κ2) is 5.27. The van der Waals surface area contributed by atoms with E-state index in [4.69, 9.17) is 0 Å². The molecule has 1 fully saturated rings. The SMILES string of the molecule is O=C1CSC(c2c(F)cccc2F)N1c1ncnc2nc[nH]c12. The van der Waals surface area contributed by atoms with Crippen molar-refractivity contribution in [3.63, 3.8) is 0 Å². The molecule has 0 spiro atoms. The smallest absolute Gasteiger partial charge is 0.239 e. The summed E-state index contributed by atoms with van der Waals surface area (Å²) in [4.78, 5) is 28.6. The number of benzene rings is 1. The van der Waals surface area contributed by atoms with Crippen LogP contribution < -0.4 is 4.90 Å². The van der Waals surface area contributed by atoms with Crippen molar-refractivity contribution in [2.75, 3.05) is 10.7 Å². The Hall–Kier alpha value is -2.55. The molecule has 1 atom stereocenters. The van der Waals surface area contributed by atoms with Crippen molar-refractivity contribution in [2.24, 2.45) is 0 Å². The molecular weight excluding hydrogens is 324 g/mol. The Balaban J connectivity index is 1.89. The minimum absolute atomic E-state index is 0.109. The summed E-state index contributed by atoms with van der Waals surface area (Å²) in [5, 5.41) is -0.829. The molecule has 1 aliphatic rings. The van der Waals surface area contributed by atoms with Crippen LogP contribution in [0, 0.1) is 11.6 Å². The Labute approximate surface area is 133 Å². The first-order valence-corrected chi connectivity index (χ1v) is 7.73. The zero-order valence-corrected chi connectivity index (χ0v) is 12.3. The summed E-state index contributed by atoms with van der Waals surface area (Å²) >= 11 is 1.15. The Morgan fingerprint density at radius 2 is 2.00 bits per heavy atom. The van der Waals surface area contributed by atoms with Crippen LogP contribution in [0.4, 0.5) is 14.6 Å². The monoisotopic (exact) mass is 333 g/mol. The fourth-order valence-electron chi connectivity index (χ4n) is 2.55. The number of nitrogens with one attached hydrogen (secondary N) is 1. The second-order valence-corrected chi connectivity index (χ2v) is 5.93. The maximum absolute atomic E-state index is 14.1. The van der Waals surface area contributed by atoms with E-state index in [-0.39, 0.29) is 23.0 Å². The maximum Gasteiger partial charge on any atom is 0.239 e. The normalized spacial score (nSPS) is 18.1. The van der Waals surface area contributed by atoms with Crippen LogP contribution >= 0.6 is 11.8 Å². The van der Waals surface area contributed by atoms with Gasteiger partial charge in [-0.2, -0.15) is 0 Å². The average Bonchev–Trinajstić information content (AvgIpc) is 3.14. The van der Waals surface area contributed by atoms with Crippen LogP contribution in [0.1, 0.15) is 10.9 Å². The van der Waals surface area contributed by atoms with E-state index < -0.39 is 17.0 Å². The fraction of sp³-hybridized carbons (Fsp3) is 0.143. The average molecular weight is 333 g/mol. The van der Waals surface area contributed by atoms with E-state index in [0.29, 0.717) is 11.2 Å². The van der Waals surface area contributed by atoms with Gasteiger partial charge in [0.25, 0.3) is 0 Å². The van der Waals surface area contributed by atoms with Crippen molar-refractivity contribution in [3.05, 3.63) is 48.1 Å². The zero-order valence-electron chi connectivity index (χ0n) is 11.5. The summed E-state index contributed by atoms with van der Waals surface area (Å²) < 4.78 is 28.3. The molecule has 0 bridgehead atoms. The van der Waals surface area contributed by atoms with Gasteiger partial charge in [0.2, 0.25) is 5.91 Å². The lowest BCUT2D eigenvalue weighted by Gasteiger charge is -2.24. The molecule has 1 aliphatic heterocycles. The molecule has 1 aromatic carbocycles. The third kappa shape index (κ3) is 2.15. The van der Waals surface area contributed by atoms with Crippen LogP contribution in [0.25, 0.3) is 11.2 Å². The topological polar surface area (TPSA) is 74.8 Å². The Kier molecular flexibility index (Phi) is 3.22. The molecule has 6 nitrogen and oxygen atoms in total. The van der Waals surface area contributed by atoms with Crippen molar-refractivity contribution < 1.29 is 13.6 Å². The highest BCUT2D eigenvalue weighted by molar-refractivity contribution is 8.00. The number of thioether (sulfide) groups is 1.